The van der Waals surface area contributed by atoms with Gasteiger partial charge in [-0.1, -0.05) is 0 Å². The van der Waals surface area contributed by atoms with Gasteiger partial charge in [0.05, 0.1) is 0 Å². The molecule has 0 aromatic heterocycles. The van der Waals surface area contributed by atoms with E-state index in [1.807, 2.05) is 3.33 Å². The second-order valence-corrected chi connectivity index (χ2v) is 13.7. The summed E-state index contributed by atoms with van der Waals surface area (Å²) in [6.07, 6.45) is 11.1. The summed E-state index contributed by atoms with van der Waals surface area (Å²) < 4.78 is 5.06. The van der Waals surface area contributed by atoms with Crippen LogP contribution in [0, 0.1) is 0 Å². The zero-order valence-corrected chi connectivity index (χ0v) is 14.1. The molecule has 0 N–H and O–H groups in total. The largest absolute Gasteiger partial charge is 1.00 e. The molecular formula is C11H19Cl2Hf. The van der Waals surface area contributed by atoms with Gasteiger partial charge in [0.15, 0.2) is 0 Å². The van der Waals surface area contributed by atoms with Crippen LogP contribution in [0.5, 0.6) is 0 Å². The van der Waals surface area contributed by atoms with E-state index in [1.54, 1.807) is 8.35 Å². The Morgan fingerprint density at radius 1 is 1.14 bits per heavy atom. The minimum atomic E-state index is -1.21. The quantitative estimate of drug-likeness (QED) is 0.474. The van der Waals surface area contributed by atoms with E-state index in [0.717, 1.165) is 0 Å². The van der Waals surface area contributed by atoms with E-state index in [0.29, 0.717) is 0 Å². The van der Waals surface area contributed by atoms with Crippen molar-refractivity contribution in [2.45, 2.75) is 41.5 Å². The SMILES string of the molecule is CC[CH2][Hf+2]([CH2]CC)[C]1=CC=CC1.[Cl-].[Cl-]. The summed E-state index contributed by atoms with van der Waals surface area (Å²) in [7, 11) is 0. The van der Waals surface area contributed by atoms with Gasteiger partial charge in [-0.25, -0.2) is 0 Å². The molecule has 0 spiro atoms. The van der Waals surface area contributed by atoms with Crippen molar-refractivity contribution in [3.63, 3.8) is 0 Å². The second kappa shape index (κ2) is 10.4. The fraction of sp³-hybridized carbons (Fsp3) is 0.636. The Morgan fingerprint density at radius 3 is 2.07 bits per heavy atom. The van der Waals surface area contributed by atoms with Gasteiger partial charge in [-0.15, -0.1) is 0 Å². The Bertz CT molecular complexity index is 182. The fourth-order valence-electron chi connectivity index (χ4n) is 1.76. The van der Waals surface area contributed by atoms with E-state index in [-0.39, 0.29) is 24.8 Å². The van der Waals surface area contributed by atoms with Gasteiger partial charge < -0.3 is 24.8 Å². The van der Waals surface area contributed by atoms with Crippen molar-refractivity contribution in [2.75, 3.05) is 0 Å². The molecule has 0 heterocycles. The summed E-state index contributed by atoms with van der Waals surface area (Å²) >= 11 is -1.21. The number of rotatable bonds is 5. The summed E-state index contributed by atoms with van der Waals surface area (Å²) in [6.45, 7) is 4.67. The normalized spacial score (nSPS) is 12.9. The number of hydrogen-bond acceptors (Lipinski definition) is 0. The Balaban J connectivity index is 0. The summed E-state index contributed by atoms with van der Waals surface area (Å²) in [5, 5.41) is 0. The Kier molecular flexibility index (Phi) is 12.9. The van der Waals surface area contributed by atoms with Crippen molar-refractivity contribution in [1.82, 2.24) is 0 Å². The average molecular weight is 401 g/mol. The van der Waals surface area contributed by atoms with Gasteiger partial charge in [-0.05, 0) is 0 Å². The molecule has 14 heavy (non-hydrogen) atoms. The first-order chi connectivity index (χ1) is 5.88. The van der Waals surface area contributed by atoms with Gasteiger partial charge in [-0.3, -0.25) is 0 Å². The van der Waals surface area contributed by atoms with Crippen LogP contribution in [-0.2, 0) is 21.4 Å². The van der Waals surface area contributed by atoms with Crippen molar-refractivity contribution < 1.29 is 46.3 Å². The van der Waals surface area contributed by atoms with Crippen molar-refractivity contribution in [3.8, 4) is 0 Å². The van der Waals surface area contributed by atoms with Gasteiger partial charge >= 0.3 is 84.5 Å². The first kappa shape index (κ1) is 17.3. The van der Waals surface area contributed by atoms with E-state index >= 15 is 0 Å². The van der Waals surface area contributed by atoms with Crippen LogP contribution >= 0.6 is 0 Å². The van der Waals surface area contributed by atoms with Gasteiger partial charge in [0.25, 0.3) is 0 Å². The smallest absolute Gasteiger partial charge is 1.00 e. The molecule has 0 radical (unpaired) electrons. The molecule has 0 atom stereocenters. The molecule has 1 aliphatic rings. The summed E-state index contributed by atoms with van der Waals surface area (Å²) in [6, 6.07) is 0. The molecule has 0 aromatic carbocycles. The first-order valence-electron chi connectivity index (χ1n) is 5.09. The topological polar surface area (TPSA) is 0 Å². The number of hydrogen-bond donors (Lipinski definition) is 0. The number of allylic oxidation sites excluding steroid dienone is 4. The standard InChI is InChI=1S/C5H5.2C3H7.2ClH.Hf/c1-2-4-5-3-1;2*1-3-2;;;/h1-3H,4H2;2*1,3H2,2H3;2*1H;/q;;;;;+2/p-2. The monoisotopic (exact) mass is 401 g/mol. The molecule has 0 aliphatic heterocycles. The number of halogens is 2. The Labute approximate surface area is 109 Å². The molecule has 0 nitrogen and oxygen atoms in total. The molecule has 0 aromatic rings. The summed E-state index contributed by atoms with van der Waals surface area (Å²) in [5.41, 5.74) is 0. The Morgan fingerprint density at radius 2 is 1.71 bits per heavy atom. The van der Waals surface area contributed by atoms with Gasteiger partial charge in [0.2, 0.25) is 0 Å². The van der Waals surface area contributed by atoms with Crippen LogP contribution in [0.15, 0.2) is 21.6 Å². The molecule has 0 fully saturated rings. The molecule has 0 unspecified atom stereocenters. The molecular weight excluding hydrogens is 382 g/mol. The molecule has 1 rings (SSSR count). The second-order valence-electron chi connectivity index (χ2n) is 3.43. The maximum absolute atomic E-state index is 2.41. The van der Waals surface area contributed by atoms with Crippen molar-refractivity contribution in [1.29, 1.82) is 0 Å². The van der Waals surface area contributed by atoms with Gasteiger partial charge in [0.1, 0.15) is 0 Å². The van der Waals surface area contributed by atoms with Crippen LogP contribution < -0.4 is 24.8 Å². The van der Waals surface area contributed by atoms with Crippen LogP contribution in [0.2, 0.25) is 8.35 Å². The third-order valence-corrected chi connectivity index (χ3v) is 14.9. The van der Waals surface area contributed by atoms with Gasteiger partial charge in [-0.2, -0.15) is 0 Å². The molecule has 81 valence electrons. The first-order valence-corrected chi connectivity index (χ1v) is 12.0. The molecule has 0 bridgehead atoms. The van der Waals surface area contributed by atoms with Crippen molar-refractivity contribution >= 4 is 0 Å². The van der Waals surface area contributed by atoms with Crippen LogP contribution in [0.4, 0.5) is 0 Å². The Hall–Kier alpha value is 0.930. The minimum Gasteiger partial charge on any atom is -1.00 e. The van der Waals surface area contributed by atoms with E-state index in [9.17, 15) is 0 Å². The van der Waals surface area contributed by atoms with Crippen LogP contribution in [-0.4, -0.2) is 0 Å². The molecule has 0 saturated carbocycles. The van der Waals surface area contributed by atoms with Crippen LogP contribution in [0.3, 0.4) is 0 Å². The molecule has 0 saturated heterocycles. The third-order valence-electron chi connectivity index (χ3n) is 2.33. The zero-order chi connectivity index (χ0) is 8.81. The fourth-order valence-corrected chi connectivity index (χ4v) is 12.0. The van der Waals surface area contributed by atoms with E-state index in [1.165, 1.54) is 19.3 Å². The van der Waals surface area contributed by atoms with Crippen molar-refractivity contribution in [3.05, 3.63) is 21.6 Å². The molecule has 0 amide bonds. The van der Waals surface area contributed by atoms with Crippen LogP contribution in [0.1, 0.15) is 33.1 Å². The maximum atomic E-state index is 2.41. The predicted octanol–water partition coefficient (Wildman–Crippen LogP) is -1.89. The van der Waals surface area contributed by atoms with Crippen LogP contribution in [0.25, 0.3) is 0 Å². The molecule has 3 heteroatoms. The third kappa shape index (κ3) is 5.72. The maximum Gasteiger partial charge on any atom is -1.00 e. The summed E-state index contributed by atoms with van der Waals surface area (Å²) in [4.78, 5) is 0. The van der Waals surface area contributed by atoms with E-state index < -0.39 is 21.4 Å². The van der Waals surface area contributed by atoms with Gasteiger partial charge in [0, 0.05) is 0 Å². The summed E-state index contributed by atoms with van der Waals surface area (Å²) in [5.74, 6) is 0. The van der Waals surface area contributed by atoms with E-state index in [2.05, 4.69) is 32.1 Å². The van der Waals surface area contributed by atoms with Crippen molar-refractivity contribution in [2.24, 2.45) is 0 Å². The average Bonchev–Trinajstić information content (AvgIpc) is 2.56. The minimum absolute atomic E-state index is 0. The van der Waals surface area contributed by atoms with E-state index in [4.69, 9.17) is 0 Å². The molecule has 1 aliphatic carbocycles. The zero-order valence-electron chi connectivity index (χ0n) is 9.02. The predicted molar refractivity (Wildman–Crippen MR) is 52.0 cm³/mol.